The van der Waals surface area contributed by atoms with Crippen LogP contribution in [0.2, 0.25) is 5.15 Å². The molecule has 0 aliphatic heterocycles. The third-order valence-corrected chi connectivity index (χ3v) is 4.40. The van der Waals surface area contributed by atoms with Gasteiger partial charge in [0.1, 0.15) is 11.2 Å². The topological polar surface area (TPSA) is 87.2 Å². The molecular weight excluding hydrogens is 371 g/mol. The van der Waals surface area contributed by atoms with Crippen LogP contribution in [0.25, 0.3) is 27.8 Å². The SMILES string of the molecule is Fc1nc(Cl)c2ncn(Cc3cn(-c4ccnc5ccccc45)nn3)c2n1. The number of imidazole rings is 1. The normalized spacial score (nSPS) is 11.5. The summed E-state index contributed by atoms with van der Waals surface area (Å²) in [6.45, 7) is 0.312. The second-order valence-corrected chi connectivity index (χ2v) is 6.19. The Morgan fingerprint density at radius 1 is 1.07 bits per heavy atom. The number of benzene rings is 1. The summed E-state index contributed by atoms with van der Waals surface area (Å²) in [5.74, 6) is 0. The Labute approximate surface area is 156 Å². The summed E-state index contributed by atoms with van der Waals surface area (Å²) in [7, 11) is 0. The predicted molar refractivity (Wildman–Crippen MR) is 96.1 cm³/mol. The van der Waals surface area contributed by atoms with Crippen molar-refractivity contribution >= 4 is 33.7 Å². The van der Waals surface area contributed by atoms with Crippen LogP contribution in [-0.4, -0.2) is 39.5 Å². The molecule has 10 heteroatoms. The monoisotopic (exact) mass is 380 g/mol. The van der Waals surface area contributed by atoms with Crippen LogP contribution in [0.1, 0.15) is 5.69 Å². The maximum absolute atomic E-state index is 13.5. The lowest BCUT2D eigenvalue weighted by Crippen LogP contribution is -2.01. The standard InChI is InChI=1S/C17H10ClFN8/c18-15-14-16(23-17(19)22-15)26(9-21-14)7-10-8-27(25-24-10)13-5-6-20-12-4-2-1-3-11(12)13/h1-6,8-9H,7H2. The average molecular weight is 381 g/mol. The van der Waals surface area contributed by atoms with Gasteiger partial charge in [-0.15, -0.1) is 5.10 Å². The van der Waals surface area contributed by atoms with Crippen molar-refractivity contribution in [3.63, 3.8) is 0 Å². The van der Waals surface area contributed by atoms with Crippen molar-refractivity contribution in [2.75, 3.05) is 0 Å². The Morgan fingerprint density at radius 3 is 2.89 bits per heavy atom. The summed E-state index contributed by atoms with van der Waals surface area (Å²) < 4.78 is 16.8. The smallest absolute Gasteiger partial charge is 0.309 e. The Hall–Kier alpha value is -3.46. The largest absolute Gasteiger partial charge is 0.312 e. The molecule has 0 fully saturated rings. The van der Waals surface area contributed by atoms with Crippen LogP contribution in [-0.2, 0) is 6.54 Å². The van der Waals surface area contributed by atoms with Crippen molar-refractivity contribution in [3.8, 4) is 5.69 Å². The second kappa shape index (κ2) is 6.06. The fourth-order valence-corrected chi connectivity index (χ4v) is 3.15. The molecule has 0 saturated carbocycles. The van der Waals surface area contributed by atoms with Gasteiger partial charge in [-0.3, -0.25) is 4.98 Å². The number of hydrogen-bond acceptors (Lipinski definition) is 6. The molecule has 0 aliphatic rings. The number of pyridine rings is 1. The number of para-hydroxylation sites is 1. The first kappa shape index (κ1) is 15.8. The molecule has 27 heavy (non-hydrogen) atoms. The zero-order chi connectivity index (χ0) is 18.4. The van der Waals surface area contributed by atoms with Crippen molar-refractivity contribution < 1.29 is 4.39 Å². The first-order valence-corrected chi connectivity index (χ1v) is 8.36. The first-order chi connectivity index (χ1) is 13.2. The van der Waals surface area contributed by atoms with Crippen LogP contribution in [0.3, 0.4) is 0 Å². The summed E-state index contributed by atoms with van der Waals surface area (Å²) in [6, 6.07) is 9.66. The van der Waals surface area contributed by atoms with Gasteiger partial charge in [0, 0.05) is 11.6 Å². The molecule has 5 aromatic rings. The van der Waals surface area contributed by atoms with E-state index in [0.29, 0.717) is 23.4 Å². The summed E-state index contributed by atoms with van der Waals surface area (Å²) in [5.41, 5.74) is 3.04. The molecule has 0 N–H and O–H groups in total. The molecule has 0 saturated heterocycles. The maximum Gasteiger partial charge on any atom is 0.312 e. The van der Waals surface area contributed by atoms with E-state index in [2.05, 4.69) is 30.2 Å². The van der Waals surface area contributed by atoms with Gasteiger partial charge in [-0.05, 0) is 12.1 Å². The van der Waals surface area contributed by atoms with Crippen molar-refractivity contribution in [1.82, 2.24) is 39.5 Å². The van der Waals surface area contributed by atoms with E-state index in [1.54, 1.807) is 21.6 Å². The number of nitrogens with zero attached hydrogens (tertiary/aromatic N) is 8. The van der Waals surface area contributed by atoms with Gasteiger partial charge in [0.2, 0.25) is 0 Å². The third-order valence-electron chi connectivity index (χ3n) is 4.14. The van der Waals surface area contributed by atoms with Crippen LogP contribution in [0.5, 0.6) is 0 Å². The van der Waals surface area contributed by atoms with Crippen molar-refractivity contribution in [1.29, 1.82) is 0 Å². The summed E-state index contributed by atoms with van der Waals surface area (Å²) in [5, 5.41) is 9.34. The highest BCUT2D eigenvalue weighted by Crippen LogP contribution is 2.21. The Bertz CT molecular complexity index is 1290. The van der Waals surface area contributed by atoms with Crippen molar-refractivity contribution in [2.45, 2.75) is 6.54 Å². The fourth-order valence-electron chi connectivity index (χ4n) is 2.94. The molecule has 132 valence electrons. The van der Waals surface area contributed by atoms with Gasteiger partial charge in [0.25, 0.3) is 0 Å². The number of aromatic nitrogens is 8. The number of rotatable bonds is 3. The minimum absolute atomic E-state index is 0.0249. The van der Waals surface area contributed by atoms with E-state index < -0.39 is 6.08 Å². The Kier molecular flexibility index (Phi) is 3.54. The van der Waals surface area contributed by atoms with Crippen molar-refractivity contribution in [3.05, 3.63) is 66.0 Å². The molecule has 8 nitrogen and oxygen atoms in total. The molecule has 0 spiro atoms. The van der Waals surface area contributed by atoms with E-state index in [4.69, 9.17) is 11.6 Å². The Morgan fingerprint density at radius 2 is 1.96 bits per heavy atom. The second-order valence-electron chi connectivity index (χ2n) is 5.83. The molecule has 0 bridgehead atoms. The number of fused-ring (bicyclic) bond motifs is 2. The lowest BCUT2D eigenvalue weighted by atomic mass is 10.2. The molecule has 0 atom stereocenters. The average Bonchev–Trinajstić information content (AvgIpc) is 3.29. The van der Waals surface area contributed by atoms with Crippen LogP contribution in [0.15, 0.2) is 49.1 Å². The van der Waals surface area contributed by atoms with Gasteiger partial charge in [0.05, 0.1) is 30.3 Å². The van der Waals surface area contributed by atoms with E-state index in [1.807, 2.05) is 30.3 Å². The van der Waals surface area contributed by atoms with Crippen LogP contribution >= 0.6 is 11.6 Å². The molecule has 0 aliphatic carbocycles. The molecule has 0 unspecified atom stereocenters. The fraction of sp³-hybridized carbons (Fsp3) is 0.0588. The van der Waals surface area contributed by atoms with Crippen LogP contribution < -0.4 is 0 Å². The highest BCUT2D eigenvalue weighted by molar-refractivity contribution is 6.33. The molecule has 4 aromatic heterocycles. The van der Waals surface area contributed by atoms with Gasteiger partial charge >= 0.3 is 6.08 Å². The molecular formula is C17H10ClFN8. The third kappa shape index (κ3) is 2.68. The number of halogens is 2. The molecule has 4 heterocycles. The lowest BCUT2D eigenvalue weighted by Gasteiger charge is -2.04. The summed E-state index contributed by atoms with van der Waals surface area (Å²) in [6.07, 6.45) is 4.14. The summed E-state index contributed by atoms with van der Waals surface area (Å²) in [4.78, 5) is 15.7. The van der Waals surface area contributed by atoms with Gasteiger partial charge in [-0.2, -0.15) is 14.4 Å². The quantitative estimate of drug-likeness (QED) is 0.353. The van der Waals surface area contributed by atoms with E-state index in [-0.39, 0.29) is 5.15 Å². The molecule has 1 aromatic carbocycles. The minimum atomic E-state index is -0.902. The van der Waals surface area contributed by atoms with Crippen molar-refractivity contribution in [2.24, 2.45) is 0 Å². The van der Waals surface area contributed by atoms with Crippen LogP contribution in [0.4, 0.5) is 4.39 Å². The lowest BCUT2D eigenvalue weighted by molar-refractivity contribution is 0.541. The molecule has 0 amide bonds. The predicted octanol–water partition coefficient (Wildman–Crippen LogP) is 2.80. The highest BCUT2D eigenvalue weighted by Gasteiger charge is 2.14. The zero-order valence-corrected chi connectivity index (χ0v) is 14.4. The van der Waals surface area contributed by atoms with E-state index >= 15 is 0 Å². The molecule has 5 rings (SSSR count). The van der Waals surface area contributed by atoms with E-state index in [0.717, 1.165) is 16.6 Å². The van der Waals surface area contributed by atoms with Gasteiger partial charge in [0.15, 0.2) is 10.8 Å². The number of hydrogen-bond donors (Lipinski definition) is 0. The van der Waals surface area contributed by atoms with E-state index in [1.165, 1.54) is 6.33 Å². The minimum Gasteiger partial charge on any atom is -0.309 e. The zero-order valence-electron chi connectivity index (χ0n) is 13.7. The van der Waals surface area contributed by atoms with Gasteiger partial charge in [-0.25, -0.2) is 9.67 Å². The molecule has 0 radical (unpaired) electrons. The van der Waals surface area contributed by atoms with Gasteiger partial charge in [-0.1, -0.05) is 35.0 Å². The Balaban J connectivity index is 1.53. The van der Waals surface area contributed by atoms with E-state index in [9.17, 15) is 4.39 Å². The van der Waals surface area contributed by atoms with Crippen LogP contribution in [0, 0.1) is 6.08 Å². The van der Waals surface area contributed by atoms with Gasteiger partial charge < -0.3 is 4.57 Å². The maximum atomic E-state index is 13.5. The highest BCUT2D eigenvalue weighted by atomic mass is 35.5. The summed E-state index contributed by atoms with van der Waals surface area (Å²) >= 11 is 5.91. The first-order valence-electron chi connectivity index (χ1n) is 7.98.